The van der Waals surface area contributed by atoms with Crippen LogP contribution in [-0.2, 0) is 9.59 Å². The average molecular weight is 276 g/mol. The van der Waals surface area contributed by atoms with E-state index in [-0.39, 0.29) is 6.42 Å². The topological polar surface area (TPSA) is 100 Å². The number of aliphatic hydroxyl groups excluding tert-OH is 1. The summed E-state index contributed by atoms with van der Waals surface area (Å²) in [6.45, 7) is 0. The van der Waals surface area contributed by atoms with Gasteiger partial charge in [0.2, 0.25) is 0 Å². The Kier molecular flexibility index (Phi) is 9.77. The number of carboxylic acid groups (broad SMARTS) is 2. The third-order valence-corrected chi connectivity index (χ3v) is 3.49. The molecule has 0 aromatic carbocycles. The van der Waals surface area contributed by atoms with Gasteiger partial charge in [0.15, 0.2) is 0 Å². The Labute approximate surface area is 112 Å². The van der Waals surface area contributed by atoms with Crippen molar-refractivity contribution in [3.8, 4) is 0 Å². The predicted molar refractivity (Wildman–Crippen MR) is 65.6 cm³/mol. The highest BCUT2D eigenvalue weighted by Crippen LogP contribution is 2.15. The van der Waals surface area contributed by atoms with E-state index in [0.717, 1.165) is 31.4 Å². The minimum absolute atomic E-state index is 0.111. The molecule has 2 atom stereocenters. The van der Waals surface area contributed by atoms with Gasteiger partial charge in [-0.2, -0.15) is 11.8 Å². The SMILES string of the molecule is CSCCCCCCCC(C(=O)[O-])C(O)C(=O)[O-]. The summed E-state index contributed by atoms with van der Waals surface area (Å²) in [5, 5.41) is 30.2. The van der Waals surface area contributed by atoms with Crippen LogP contribution in [0.15, 0.2) is 0 Å². The molecule has 0 saturated carbocycles. The van der Waals surface area contributed by atoms with Crippen LogP contribution in [0.2, 0.25) is 0 Å². The number of rotatable bonds is 11. The van der Waals surface area contributed by atoms with Crippen molar-refractivity contribution >= 4 is 23.7 Å². The Bertz CT molecular complexity index is 257. The van der Waals surface area contributed by atoms with E-state index in [1.165, 1.54) is 0 Å². The van der Waals surface area contributed by atoms with E-state index in [0.29, 0.717) is 6.42 Å². The molecule has 0 spiro atoms. The van der Waals surface area contributed by atoms with Crippen LogP contribution >= 0.6 is 11.8 Å². The van der Waals surface area contributed by atoms with Crippen LogP contribution in [0.3, 0.4) is 0 Å². The second-order valence-electron chi connectivity index (χ2n) is 4.24. The van der Waals surface area contributed by atoms with Gasteiger partial charge in [0, 0.05) is 11.9 Å². The number of carbonyl (C=O) groups excluding carboxylic acids is 2. The van der Waals surface area contributed by atoms with E-state index < -0.39 is 24.0 Å². The molecule has 0 radical (unpaired) electrons. The van der Waals surface area contributed by atoms with E-state index in [1.807, 2.05) is 6.26 Å². The number of carboxylic acids is 2. The van der Waals surface area contributed by atoms with Gasteiger partial charge in [0.25, 0.3) is 0 Å². The molecule has 0 rings (SSSR count). The van der Waals surface area contributed by atoms with Crippen molar-refractivity contribution in [1.29, 1.82) is 0 Å². The second-order valence-corrected chi connectivity index (χ2v) is 5.22. The molecule has 0 heterocycles. The Morgan fingerprint density at radius 3 is 2.11 bits per heavy atom. The largest absolute Gasteiger partial charge is 0.550 e. The standard InChI is InChI=1S/C12H22O5S/c1-18-8-6-4-2-3-5-7-9(11(14)15)10(13)12(16)17/h9-10,13H,2-8H2,1H3,(H,14,15)(H,16,17)/p-2. The first-order valence-electron chi connectivity index (χ1n) is 6.09. The van der Waals surface area contributed by atoms with Crippen molar-refractivity contribution in [2.45, 2.75) is 44.6 Å². The molecule has 0 aliphatic rings. The van der Waals surface area contributed by atoms with Crippen molar-refractivity contribution in [2.75, 3.05) is 12.0 Å². The van der Waals surface area contributed by atoms with Crippen LogP contribution < -0.4 is 10.2 Å². The lowest BCUT2D eigenvalue weighted by Crippen LogP contribution is -2.47. The van der Waals surface area contributed by atoms with Gasteiger partial charge in [-0.3, -0.25) is 0 Å². The van der Waals surface area contributed by atoms with Crippen LogP contribution in [0, 0.1) is 5.92 Å². The van der Waals surface area contributed by atoms with Gasteiger partial charge in [-0.25, -0.2) is 0 Å². The van der Waals surface area contributed by atoms with E-state index >= 15 is 0 Å². The first-order valence-corrected chi connectivity index (χ1v) is 7.48. The molecule has 0 amide bonds. The number of hydrogen-bond acceptors (Lipinski definition) is 6. The van der Waals surface area contributed by atoms with E-state index in [4.69, 9.17) is 5.11 Å². The quantitative estimate of drug-likeness (QED) is 0.494. The highest BCUT2D eigenvalue weighted by molar-refractivity contribution is 7.98. The molecule has 0 fully saturated rings. The molecule has 0 saturated heterocycles. The molecule has 6 heteroatoms. The number of hydrogen-bond donors (Lipinski definition) is 1. The zero-order valence-electron chi connectivity index (χ0n) is 10.6. The van der Waals surface area contributed by atoms with Gasteiger partial charge in [-0.1, -0.05) is 25.7 Å². The van der Waals surface area contributed by atoms with Crippen molar-refractivity contribution in [3.05, 3.63) is 0 Å². The van der Waals surface area contributed by atoms with Gasteiger partial charge >= 0.3 is 0 Å². The number of carbonyl (C=O) groups is 2. The monoisotopic (exact) mass is 276 g/mol. The van der Waals surface area contributed by atoms with Crippen LogP contribution in [0.1, 0.15) is 38.5 Å². The molecule has 0 aliphatic heterocycles. The van der Waals surface area contributed by atoms with Gasteiger partial charge < -0.3 is 24.9 Å². The van der Waals surface area contributed by atoms with Crippen molar-refractivity contribution in [3.63, 3.8) is 0 Å². The number of unbranched alkanes of at least 4 members (excludes halogenated alkanes) is 4. The highest BCUT2D eigenvalue weighted by atomic mass is 32.2. The molecule has 5 nitrogen and oxygen atoms in total. The van der Waals surface area contributed by atoms with E-state index in [2.05, 4.69) is 0 Å². The fraction of sp³-hybridized carbons (Fsp3) is 0.833. The summed E-state index contributed by atoms with van der Waals surface area (Å²) < 4.78 is 0. The summed E-state index contributed by atoms with van der Waals surface area (Å²) in [5.41, 5.74) is 0. The van der Waals surface area contributed by atoms with Crippen LogP contribution in [0.25, 0.3) is 0 Å². The predicted octanol–water partition coefficient (Wildman–Crippen LogP) is -0.833. The summed E-state index contributed by atoms with van der Waals surface area (Å²) in [5.74, 6) is -3.55. The van der Waals surface area contributed by atoms with Crippen molar-refractivity contribution in [2.24, 2.45) is 5.92 Å². The van der Waals surface area contributed by atoms with Gasteiger partial charge in [0.05, 0.1) is 5.97 Å². The lowest BCUT2D eigenvalue weighted by Gasteiger charge is -2.24. The summed E-state index contributed by atoms with van der Waals surface area (Å²) in [7, 11) is 0. The lowest BCUT2D eigenvalue weighted by molar-refractivity contribution is -0.330. The number of aliphatic carboxylic acids is 2. The van der Waals surface area contributed by atoms with Gasteiger partial charge in [-0.15, -0.1) is 0 Å². The normalized spacial score (nSPS) is 14.1. The second kappa shape index (κ2) is 10.2. The van der Waals surface area contributed by atoms with E-state index in [9.17, 15) is 19.8 Å². The molecule has 0 bridgehead atoms. The first kappa shape index (κ1) is 17.2. The Hall–Kier alpha value is -0.750. The Morgan fingerprint density at radius 1 is 1.06 bits per heavy atom. The Morgan fingerprint density at radius 2 is 1.61 bits per heavy atom. The zero-order valence-corrected chi connectivity index (χ0v) is 11.4. The molecule has 0 aromatic heterocycles. The zero-order chi connectivity index (χ0) is 14.0. The smallest absolute Gasteiger partial charge is 0.101 e. The Balaban J connectivity index is 3.78. The number of thioether (sulfide) groups is 1. The molecular formula is C12H20O5S-2. The molecule has 2 unspecified atom stereocenters. The van der Waals surface area contributed by atoms with Crippen LogP contribution in [-0.4, -0.2) is 35.2 Å². The first-order chi connectivity index (χ1) is 8.50. The molecular weight excluding hydrogens is 256 g/mol. The van der Waals surface area contributed by atoms with Gasteiger partial charge in [0.1, 0.15) is 6.10 Å². The summed E-state index contributed by atoms with van der Waals surface area (Å²) in [4.78, 5) is 21.1. The molecule has 0 aliphatic carbocycles. The van der Waals surface area contributed by atoms with Crippen LogP contribution in [0.5, 0.6) is 0 Å². The molecule has 0 aromatic rings. The fourth-order valence-electron chi connectivity index (χ4n) is 1.71. The van der Waals surface area contributed by atoms with Gasteiger partial charge in [-0.05, 0) is 24.9 Å². The lowest BCUT2D eigenvalue weighted by atomic mass is 9.95. The maximum atomic E-state index is 10.7. The molecule has 106 valence electrons. The fourth-order valence-corrected chi connectivity index (χ4v) is 2.20. The summed E-state index contributed by atoms with van der Waals surface area (Å²) >= 11 is 1.79. The third-order valence-electron chi connectivity index (χ3n) is 2.79. The third kappa shape index (κ3) is 7.55. The number of aliphatic hydroxyl groups is 1. The summed E-state index contributed by atoms with van der Waals surface area (Å²) in [6.07, 6.45) is 4.78. The maximum absolute atomic E-state index is 10.7. The molecule has 18 heavy (non-hydrogen) atoms. The molecule has 1 N–H and O–H groups in total. The maximum Gasteiger partial charge on any atom is 0.101 e. The average Bonchev–Trinajstić information content (AvgIpc) is 2.31. The van der Waals surface area contributed by atoms with Crippen molar-refractivity contribution < 1.29 is 24.9 Å². The van der Waals surface area contributed by atoms with Crippen molar-refractivity contribution in [1.82, 2.24) is 0 Å². The summed E-state index contributed by atoms with van der Waals surface area (Å²) in [6, 6.07) is 0. The van der Waals surface area contributed by atoms with Crippen LogP contribution in [0.4, 0.5) is 0 Å². The highest BCUT2D eigenvalue weighted by Gasteiger charge is 2.20. The minimum atomic E-state index is -1.98. The minimum Gasteiger partial charge on any atom is -0.550 e. The van der Waals surface area contributed by atoms with E-state index in [1.54, 1.807) is 11.8 Å².